The van der Waals surface area contributed by atoms with E-state index in [4.69, 9.17) is 0 Å². The Morgan fingerprint density at radius 2 is 1.93 bits per heavy atom. The van der Waals surface area contributed by atoms with E-state index in [-0.39, 0.29) is 11.5 Å². The van der Waals surface area contributed by atoms with Gasteiger partial charge in [0.25, 0.3) is 0 Å². The topological polar surface area (TPSA) is 40.5 Å². The van der Waals surface area contributed by atoms with Gasteiger partial charge in [0.2, 0.25) is 0 Å². The molecule has 0 aliphatic heterocycles. The summed E-state index contributed by atoms with van der Waals surface area (Å²) in [5, 5.41) is 20.4. The van der Waals surface area contributed by atoms with Gasteiger partial charge in [0.15, 0.2) is 0 Å². The van der Waals surface area contributed by atoms with Crippen LogP contribution in [0, 0.1) is 11.3 Å². The third-order valence-corrected chi connectivity index (χ3v) is 4.77. The van der Waals surface area contributed by atoms with Gasteiger partial charge in [-0.05, 0) is 43.4 Å². The van der Waals surface area contributed by atoms with Gasteiger partial charge in [0, 0.05) is 0 Å². The number of hydrogen-bond acceptors (Lipinski definition) is 2. The van der Waals surface area contributed by atoms with E-state index in [1.54, 1.807) is 0 Å². The van der Waals surface area contributed by atoms with Crippen LogP contribution in [-0.4, -0.2) is 21.9 Å². The van der Waals surface area contributed by atoms with Crippen LogP contribution in [0.3, 0.4) is 0 Å². The van der Waals surface area contributed by atoms with Crippen molar-refractivity contribution in [2.75, 3.05) is 0 Å². The highest BCUT2D eigenvalue weighted by Crippen LogP contribution is 2.55. The lowest BCUT2D eigenvalue weighted by molar-refractivity contribution is -0.184. The standard InChI is InChI=1S/C12H22O2/c1-9-4-3-6-11(2)8-10(13)5-7-12(9,11)14/h9-10,13-14H,3-8H2,1-2H3/t9-,10-,11-,12-/m0/s1. The fraction of sp³-hybridized carbons (Fsp3) is 1.00. The van der Waals surface area contributed by atoms with E-state index < -0.39 is 5.60 Å². The first-order valence-corrected chi connectivity index (χ1v) is 5.88. The van der Waals surface area contributed by atoms with Crippen molar-refractivity contribution in [3.05, 3.63) is 0 Å². The lowest BCUT2D eigenvalue weighted by Gasteiger charge is -2.56. The summed E-state index contributed by atoms with van der Waals surface area (Å²) in [7, 11) is 0. The molecule has 2 fully saturated rings. The zero-order valence-corrected chi connectivity index (χ0v) is 9.29. The molecule has 0 saturated heterocycles. The Morgan fingerprint density at radius 1 is 1.21 bits per heavy atom. The molecule has 0 spiro atoms. The van der Waals surface area contributed by atoms with Gasteiger partial charge in [0.05, 0.1) is 11.7 Å². The molecular formula is C12H22O2. The second-order valence-corrected chi connectivity index (χ2v) is 5.67. The van der Waals surface area contributed by atoms with Crippen molar-refractivity contribution in [2.45, 2.75) is 64.1 Å². The van der Waals surface area contributed by atoms with E-state index in [0.717, 1.165) is 32.1 Å². The SMILES string of the molecule is C[C@H]1CCC[C@@]2(C)C[C@@H](O)CC[C@]12O. The molecule has 2 saturated carbocycles. The van der Waals surface area contributed by atoms with E-state index in [9.17, 15) is 10.2 Å². The zero-order valence-electron chi connectivity index (χ0n) is 9.29. The van der Waals surface area contributed by atoms with Gasteiger partial charge < -0.3 is 10.2 Å². The Bertz CT molecular complexity index is 228. The van der Waals surface area contributed by atoms with Crippen LogP contribution in [0.1, 0.15) is 52.4 Å². The summed E-state index contributed by atoms with van der Waals surface area (Å²) in [4.78, 5) is 0. The molecule has 2 heteroatoms. The summed E-state index contributed by atoms with van der Waals surface area (Å²) < 4.78 is 0. The summed E-state index contributed by atoms with van der Waals surface area (Å²) in [5.41, 5.74) is -0.549. The van der Waals surface area contributed by atoms with E-state index in [2.05, 4.69) is 13.8 Å². The fourth-order valence-corrected chi connectivity index (χ4v) is 3.68. The normalized spacial score (nSPS) is 54.0. The van der Waals surface area contributed by atoms with Gasteiger partial charge in [-0.2, -0.15) is 0 Å². The highest BCUT2D eigenvalue weighted by atomic mass is 16.3. The Balaban J connectivity index is 2.27. The minimum absolute atomic E-state index is 0.0394. The molecule has 0 aromatic rings. The summed E-state index contributed by atoms with van der Waals surface area (Å²) in [5.74, 6) is 0.397. The third-order valence-electron chi connectivity index (χ3n) is 4.77. The van der Waals surface area contributed by atoms with E-state index >= 15 is 0 Å². The van der Waals surface area contributed by atoms with Gasteiger partial charge >= 0.3 is 0 Å². The molecule has 0 bridgehead atoms. The largest absolute Gasteiger partial charge is 0.393 e. The van der Waals surface area contributed by atoms with Gasteiger partial charge in [-0.25, -0.2) is 0 Å². The summed E-state index contributed by atoms with van der Waals surface area (Å²) in [6.07, 6.45) is 5.57. The molecule has 0 aromatic carbocycles. The van der Waals surface area contributed by atoms with Gasteiger partial charge in [-0.3, -0.25) is 0 Å². The Morgan fingerprint density at radius 3 is 2.64 bits per heavy atom. The van der Waals surface area contributed by atoms with Crippen LogP contribution in [0.4, 0.5) is 0 Å². The quantitative estimate of drug-likeness (QED) is 0.625. The molecule has 0 unspecified atom stereocenters. The van der Waals surface area contributed by atoms with Crippen LogP contribution >= 0.6 is 0 Å². The fourth-order valence-electron chi connectivity index (χ4n) is 3.68. The summed E-state index contributed by atoms with van der Waals surface area (Å²) in [6, 6.07) is 0. The van der Waals surface area contributed by atoms with Gasteiger partial charge in [0.1, 0.15) is 0 Å². The third kappa shape index (κ3) is 1.31. The zero-order chi connectivity index (χ0) is 10.4. The predicted molar refractivity (Wildman–Crippen MR) is 55.9 cm³/mol. The number of aliphatic hydroxyl groups is 2. The first kappa shape index (κ1) is 10.4. The minimum Gasteiger partial charge on any atom is -0.393 e. The average Bonchev–Trinajstić information content (AvgIpc) is 2.10. The number of fused-ring (bicyclic) bond motifs is 1. The molecule has 2 nitrogen and oxygen atoms in total. The second kappa shape index (κ2) is 3.21. The van der Waals surface area contributed by atoms with Crippen LogP contribution in [0.2, 0.25) is 0 Å². The van der Waals surface area contributed by atoms with Crippen molar-refractivity contribution in [2.24, 2.45) is 11.3 Å². The molecule has 82 valence electrons. The molecular weight excluding hydrogens is 176 g/mol. The monoisotopic (exact) mass is 198 g/mol. The van der Waals surface area contributed by atoms with E-state index in [1.807, 2.05) is 0 Å². The van der Waals surface area contributed by atoms with Crippen molar-refractivity contribution in [1.29, 1.82) is 0 Å². The molecule has 0 heterocycles. The highest BCUT2D eigenvalue weighted by molar-refractivity contribution is 5.05. The van der Waals surface area contributed by atoms with E-state index in [0.29, 0.717) is 5.92 Å². The van der Waals surface area contributed by atoms with Crippen LogP contribution in [0.5, 0.6) is 0 Å². The molecule has 2 rings (SSSR count). The van der Waals surface area contributed by atoms with Crippen LogP contribution in [0.15, 0.2) is 0 Å². The maximum absolute atomic E-state index is 10.7. The van der Waals surface area contributed by atoms with Crippen LogP contribution < -0.4 is 0 Å². The molecule has 2 aliphatic carbocycles. The van der Waals surface area contributed by atoms with Gasteiger partial charge in [-0.1, -0.05) is 20.3 Å². The van der Waals surface area contributed by atoms with Gasteiger partial charge in [-0.15, -0.1) is 0 Å². The number of aliphatic hydroxyl groups excluding tert-OH is 1. The van der Waals surface area contributed by atoms with E-state index in [1.165, 1.54) is 6.42 Å². The second-order valence-electron chi connectivity index (χ2n) is 5.67. The smallest absolute Gasteiger partial charge is 0.0728 e. The Labute approximate surface area is 86.3 Å². The molecule has 2 N–H and O–H groups in total. The molecule has 2 aliphatic rings. The van der Waals surface area contributed by atoms with Crippen LogP contribution in [-0.2, 0) is 0 Å². The van der Waals surface area contributed by atoms with Crippen molar-refractivity contribution < 1.29 is 10.2 Å². The number of hydrogen-bond donors (Lipinski definition) is 2. The molecule has 14 heavy (non-hydrogen) atoms. The van der Waals surface area contributed by atoms with Crippen molar-refractivity contribution in [3.8, 4) is 0 Å². The lowest BCUT2D eigenvalue weighted by atomic mass is 9.53. The average molecular weight is 198 g/mol. The summed E-state index contributed by atoms with van der Waals surface area (Å²) >= 11 is 0. The molecule has 0 aromatic heterocycles. The Kier molecular flexibility index (Phi) is 2.39. The van der Waals surface area contributed by atoms with Crippen molar-refractivity contribution in [1.82, 2.24) is 0 Å². The number of rotatable bonds is 0. The van der Waals surface area contributed by atoms with Crippen molar-refractivity contribution >= 4 is 0 Å². The molecule has 0 radical (unpaired) electrons. The first-order chi connectivity index (χ1) is 6.48. The highest BCUT2D eigenvalue weighted by Gasteiger charge is 2.54. The van der Waals surface area contributed by atoms with Crippen LogP contribution in [0.25, 0.3) is 0 Å². The first-order valence-electron chi connectivity index (χ1n) is 5.88. The maximum Gasteiger partial charge on any atom is 0.0728 e. The summed E-state index contributed by atoms with van der Waals surface area (Å²) in [6.45, 7) is 4.32. The lowest BCUT2D eigenvalue weighted by Crippen LogP contribution is -2.57. The Hall–Kier alpha value is -0.0800. The maximum atomic E-state index is 10.7. The molecule has 4 atom stereocenters. The molecule has 0 amide bonds. The van der Waals surface area contributed by atoms with Crippen molar-refractivity contribution in [3.63, 3.8) is 0 Å². The minimum atomic E-state index is -0.509. The predicted octanol–water partition coefficient (Wildman–Crippen LogP) is 2.09.